The number of carbonyl (C=O) groups is 2. The van der Waals surface area contributed by atoms with Gasteiger partial charge >= 0.3 is 5.20 Å². The lowest BCUT2D eigenvalue weighted by Crippen LogP contribution is -2.17. The Labute approximate surface area is 186 Å². The summed E-state index contributed by atoms with van der Waals surface area (Å²) in [6.45, 7) is 0. The van der Waals surface area contributed by atoms with E-state index in [0.717, 1.165) is 42.6 Å². The van der Waals surface area contributed by atoms with Gasteiger partial charge in [0.15, 0.2) is 11.6 Å². The van der Waals surface area contributed by atoms with Gasteiger partial charge in [-0.15, -0.1) is 0 Å². The van der Waals surface area contributed by atoms with E-state index in [1.54, 1.807) is 18.2 Å². The molecule has 0 spiro atoms. The predicted octanol–water partition coefficient (Wildman–Crippen LogP) is 5.96. The summed E-state index contributed by atoms with van der Waals surface area (Å²) < 4.78 is 9.51. The second-order valence-electron chi connectivity index (χ2n) is 6.30. The Hall–Kier alpha value is -1.17. The van der Waals surface area contributed by atoms with Crippen LogP contribution in [0.4, 0.5) is 0 Å². The molecule has 2 heterocycles. The summed E-state index contributed by atoms with van der Waals surface area (Å²) in [6.07, 6.45) is 4.71. The first kappa shape index (κ1) is 24.1. The SMILES string of the molecule is O=C1CCCc2[nH]c(=O)ccc21.O=C1CCCc2nc(Cl)ccc21.O=P(Cl)(Cl)Cl. The standard InChI is InChI=1S/C9H8ClNO.C9H9NO2.Cl3OP/c10-9-5-4-6-7(11-9)2-1-3-8(6)12;11-8-3-1-2-7-6(8)4-5-9(12)10-7;1-5(2,3)4/h4-5H,1-3H2;4-5H,1-3H2,(H,10,12);. The summed E-state index contributed by atoms with van der Waals surface area (Å²) in [5, 5.41) is -2.75. The smallest absolute Gasteiger partial charge is 0.325 e. The minimum Gasteiger partial charge on any atom is -0.325 e. The molecule has 0 fully saturated rings. The zero-order valence-corrected chi connectivity index (χ0v) is 19.0. The molecular formula is C18H17Cl4N2O4P. The summed E-state index contributed by atoms with van der Waals surface area (Å²) in [5.74, 6) is 0.341. The monoisotopic (exact) mass is 496 g/mol. The molecule has 11 heteroatoms. The van der Waals surface area contributed by atoms with Gasteiger partial charge in [0.25, 0.3) is 0 Å². The van der Waals surface area contributed by atoms with E-state index in [-0.39, 0.29) is 17.1 Å². The highest BCUT2D eigenvalue weighted by molar-refractivity contribution is 8.24. The molecule has 0 amide bonds. The molecule has 156 valence electrons. The molecule has 4 rings (SSSR count). The number of hydrogen-bond donors (Lipinski definition) is 1. The fraction of sp³-hybridized carbons (Fsp3) is 0.333. The Morgan fingerprint density at radius 1 is 0.828 bits per heavy atom. The molecule has 0 saturated carbocycles. The largest absolute Gasteiger partial charge is 0.339 e. The molecule has 0 bridgehead atoms. The van der Waals surface area contributed by atoms with Gasteiger partial charge in [-0.05, 0) is 77.6 Å². The van der Waals surface area contributed by atoms with Crippen LogP contribution >= 0.6 is 50.5 Å². The van der Waals surface area contributed by atoms with Gasteiger partial charge in [0, 0.05) is 35.7 Å². The Morgan fingerprint density at radius 2 is 1.38 bits per heavy atom. The van der Waals surface area contributed by atoms with E-state index in [1.165, 1.54) is 6.07 Å². The van der Waals surface area contributed by atoms with Gasteiger partial charge in [0.05, 0.1) is 5.69 Å². The number of aromatic amines is 1. The minimum absolute atomic E-state index is 0.122. The maximum atomic E-state index is 11.3. The van der Waals surface area contributed by atoms with Gasteiger partial charge in [0.2, 0.25) is 5.56 Å². The maximum absolute atomic E-state index is 11.3. The quantitative estimate of drug-likeness (QED) is 0.357. The highest BCUT2D eigenvalue weighted by Gasteiger charge is 2.18. The molecule has 0 radical (unpaired) electrons. The fourth-order valence-corrected chi connectivity index (χ4v) is 3.17. The Bertz CT molecular complexity index is 1010. The van der Waals surface area contributed by atoms with Crippen molar-refractivity contribution in [3.63, 3.8) is 0 Å². The van der Waals surface area contributed by atoms with Crippen molar-refractivity contribution in [2.24, 2.45) is 0 Å². The van der Waals surface area contributed by atoms with Crippen molar-refractivity contribution < 1.29 is 14.2 Å². The number of fused-ring (bicyclic) bond motifs is 2. The Balaban J connectivity index is 0.000000170. The maximum Gasteiger partial charge on any atom is 0.339 e. The van der Waals surface area contributed by atoms with Crippen molar-refractivity contribution in [3.8, 4) is 0 Å². The van der Waals surface area contributed by atoms with Gasteiger partial charge in [-0.2, -0.15) is 0 Å². The zero-order chi connectivity index (χ0) is 21.6. The predicted molar refractivity (Wildman–Crippen MR) is 116 cm³/mol. The van der Waals surface area contributed by atoms with Gasteiger partial charge < -0.3 is 4.98 Å². The first-order valence-electron chi connectivity index (χ1n) is 8.67. The Morgan fingerprint density at radius 3 is 2.03 bits per heavy atom. The molecular weight excluding hydrogens is 481 g/mol. The normalized spacial score (nSPS) is 15.2. The van der Waals surface area contributed by atoms with E-state index < -0.39 is 5.20 Å². The van der Waals surface area contributed by atoms with Crippen LogP contribution < -0.4 is 5.56 Å². The van der Waals surface area contributed by atoms with Crippen molar-refractivity contribution in [2.75, 3.05) is 0 Å². The van der Waals surface area contributed by atoms with Crippen molar-refractivity contribution in [2.45, 2.75) is 38.5 Å². The minimum atomic E-state index is -3.22. The average Bonchev–Trinajstić information content (AvgIpc) is 2.61. The van der Waals surface area contributed by atoms with Gasteiger partial charge in [-0.25, -0.2) is 4.98 Å². The molecule has 2 aromatic rings. The number of Topliss-reactive ketones (excluding diaryl/α,β-unsaturated/α-hetero) is 2. The van der Waals surface area contributed by atoms with Crippen LogP contribution in [0.1, 0.15) is 57.8 Å². The molecule has 0 atom stereocenters. The summed E-state index contributed by atoms with van der Waals surface area (Å²) in [5.41, 5.74) is 2.99. The second kappa shape index (κ2) is 10.7. The van der Waals surface area contributed by atoms with Crippen molar-refractivity contribution in [1.82, 2.24) is 9.97 Å². The molecule has 0 aromatic carbocycles. The van der Waals surface area contributed by atoms with Gasteiger partial charge in [0.1, 0.15) is 5.15 Å². The third kappa shape index (κ3) is 8.23. The number of aryl methyl sites for hydroxylation is 2. The van der Waals surface area contributed by atoms with Gasteiger partial charge in [-0.1, -0.05) is 11.6 Å². The first-order valence-corrected chi connectivity index (χ1v) is 13.5. The summed E-state index contributed by atoms with van der Waals surface area (Å²) >= 11 is 19.6. The number of nitrogens with one attached hydrogen (secondary N) is 1. The molecule has 2 aliphatic rings. The van der Waals surface area contributed by atoms with Crippen LogP contribution in [0, 0.1) is 0 Å². The summed E-state index contributed by atoms with van der Waals surface area (Å²) in [4.78, 5) is 40.3. The lowest BCUT2D eigenvalue weighted by molar-refractivity contribution is 0.0963. The van der Waals surface area contributed by atoms with E-state index in [0.29, 0.717) is 23.6 Å². The molecule has 0 unspecified atom stereocenters. The van der Waals surface area contributed by atoms with Crippen molar-refractivity contribution >= 4 is 62.1 Å². The third-order valence-electron chi connectivity index (χ3n) is 4.19. The number of H-pyrrole nitrogens is 1. The molecule has 2 aliphatic carbocycles. The lowest BCUT2D eigenvalue weighted by Gasteiger charge is -2.12. The number of nitrogens with zero attached hydrogens (tertiary/aromatic N) is 1. The van der Waals surface area contributed by atoms with Crippen molar-refractivity contribution in [1.29, 1.82) is 0 Å². The van der Waals surface area contributed by atoms with E-state index in [4.69, 9.17) is 11.6 Å². The number of hydrogen-bond acceptors (Lipinski definition) is 5. The molecule has 0 aliphatic heterocycles. The van der Waals surface area contributed by atoms with Crippen molar-refractivity contribution in [3.05, 3.63) is 62.3 Å². The summed E-state index contributed by atoms with van der Waals surface area (Å²) in [7, 11) is 0. The van der Waals surface area contributed by atoms with Crippen LogP contribution in [-0.2, 0) is 17.4 Å². The highest BCUT2D eigenvalue weighted by Crippen LogP contribution is 2.61. The fourth-order valence-electron chi connectivity index (χ4n) is 3.01. The van der Waals surface area contributed by atoms with Crippen LogP contribution in [0.2, 0.25) is 5.15 Å². The van der Waals surface area contributed by atoms with Crippen LogP contribution in [0.5, 0.6) is 0 Å². The van der Waals surface area contributed by atoms with E-state index in [1.807, 2.05) is 0 Å². The highest BCUT2D eigenvalue weighted by atomic mass is 36.0. The van der Waals surface area contributed by atoms with E-state index in [2.05, 4.69) is 43.7 Å². The molecule has 0 saturated heterocycles. The molecule has 6 nitrogen and oxygen atoms in total. The number of halogens is 4. The van der Waals surface area contributed by atoms with Crippen LogP contribution in [0.15, 0.2) is 29.1 Å². The number of carbonyl (C=O) groups excluding carboxylic acids is 2. The lowest BCUT2D eigenvalue weighted by atomic mass is 9.95. The Kier molecular flexibility index (Phi) is 8.92. The summed E-state index contributed by atoms with van der Waals surface area (Å²) in [6, 6.07) is 6.47. The number of ketones is 2. The average molecular weight is 498 g/mol. The van der Waals surface area contributed by atoms with Crippen LogP contribution in [-0.4, -0.2) is 21.5 Å². The van der Waals surface area contributed by atoms with E-state index in [9.17, 15) is 18.9 Å². The van der Waals surface area contributed by atoms with Crippen LogP contribution in [0.3, 0.4) is 0 Å². The number of pyridine rings is 2. The number of rotatable bonds is 0. The van der Waals surface area contributed by atoms with Crippen LogP contribution in [0.25, 0.3) is 0 Å². The molecule has 2 aromatic heterocycles. The van der Waals surface area contributed by atoms with Gasteiger partial charge in [-0.3, -0.25) is 18.9 Å². The zero-order valence-electron chi connectivity index (χ0n) is 15.1. The van der Waals surface area contributed by atoms with E-state index >= 15 is 0 Å². The molecule has 1 N–H and O–H groups in total. The topological polar surface area (TPSA) is 97.0 Å². The second-order valence-corrected chi connectivity index (χ2v) is 13.3. The number of aromatic nitrogens is 2. The molecule has 29 heavy (non-hydrogen) atoms. The third-order valence-corrected chi connectivity index (χ3v) is 4.40. The first-order chi connectivity index (χ1) is 13.5.